The van der Waals surface area contributed by atoms with E-state index < -0.39 is 27.2 Å². The molecule has 0 unspecified atom stereocenters. The van der Waals surface area contributed by atoms with Gasteiger partial charge in [-0.2, -0.15) is 5.26 Å². The fourth-order valence-corrected chi connectivity index (χ4v) is 3.35. The maximum Gasteiger partial charge on any atom is 0.184 e. The van der Waals surface area contributed by atoms with E-state index in [-0.39, 0.29) is 21.7 Å². The first-order valence-electron chi connectivity index (χ1n) is 5.79. The zero-order valence-corrected chi connectivity index (χ0v) is 11.5. The fraction of sp³-hybridized carbons (Fsp3) is 0.0714. The Morgan fingerprint density at radius 1 is 1.10 bits per heavy atom. The Bertz CT molecular complexity index is 843. The molecule has 0 aliphatic carbocycles. The SMILES string of the molecule is N#Cc1cc(F)cc(CS(=O)(=O)c2cc(F)ccc2N)c1. The molecule has 0 heterocycles. The molecular weight excluding hydrogens is 298 g/mol. The minimum Gasteiger partial charge on any atom is -0.398 e. The summed E-state index contributed by atoms with van der Waals surface area (Å²) < 4.78 is 50.9. The van der Waals surface area contributed by atoms with Crippen LogP contribution in [0.3, 0.4) is 0 Å². The van der Waals surface area contributed by atoms with Gasteiger partial charge in [0.1, 0.15) is 11.6 Å². The Labute approximate surface area is 120 Å². The van der Waals surface area contributed by atoms with Gasteiger partial charge < -0.3 is 5.73 Å². The summed E-state index contributed by atoms with van der Waals surface area (Å²) in [5.41, 5.74) is 5.55. The number of anilines is 1. The number of nitrogens with two attached hydrogens (primary N) is 1. The van der Waals surface area contributed by atoms with E-state index in [1.165, 1.54) is 6.07 Å². The van der Waals surface area contributed by atoms with Crippen LogP contribution in [0.1, 0.15) is 11.1 Å². The third kappa shape index (κ3) is 3.35. The smallest absolute Gasteiger partial charge is 0.184 e. The normalized spacial score (nSPS) is 11.1. The molecule has 0 radical (unpaired) electrons. The number of sulfone groups is 1. The molecule has 4 nitrogen and oxygen atoms in total. The average molecular weight is 308 g/mol. The van der Waals surface area contributed by atoms with Crippen LogP contribution in [0.5, 0.6) is 0 Å². The molecule has 2 rings (SSSR count). The molecule has 2 N–H and O–H groups in total. The standard InChI is InChI=1S/C14H10F2N2O2S/c15-11-1-2-13(18)14(6-11)21(19,20)8-10-3-9(7-17)4-12(16)5-10/h1-6H,8,18H2. The Hall–Kier alpha value is -2.46. The summed E-state index contributed by atoms with van der Waals surface area (Å²) in [6.45, 7) is 0. The predicted octanol–water partition coefficient (Wildman–Crippen LogP) is 2.39. The van der Waals surface area contributed by atoms with Gasteiger partial charge in [-0.3, -0.25) is 0 Å². The summed E-state index contributed by atoms with van der Waals surface area (Å²) in [7, 11) is -3.95. The second-order valence-electron chi connectivity index (χ2n) is 4.40. The molecule has 2 aromatic carbocycles. The van der Waals surface area contributed by atoms with Gasteiger partial charge in [0.05, 0.1) is 28.0 Å². The summed E-state index contributed by atoms with van der Waals surface area (Å²) in [6, 6.07) is 8.00. The van der Waals surface area contributed by atoms with Gasteiger partial charge >= 0.3 is 0 Å². The quantitative estimate of drug-likeness (QED) is 0.882. The highest BCUT2D eigenvalue weighted by Crippen LogP contribution is 2.24. The third-order valence-electron chi connectivity index (χ3n) is 2.75. The van der Waals surface area contributed by atoms with Crippen molar-refractivity contribution in [2.24, 2.45) is 0 Å². The highest BCUT2D eigenvalue weighted by atomic mass is 32.2. The summed E-state index contributed by atoms with van der Waals surface area (Å²) in [6.07, 6.45) is 0. The Morgan fingerprint density at radius 2 is 1.81 bits per heavy atom. The van der Waals surface area contributed by atoms with Crippen LogP contribution < -0.4 is 5.73 Å². The molecule has 0 amide bonds. The maximum atomic E-state index is 13.3. The van der Waals surface area contributed by atoms with E-state index in [0.29, 0.717) is 0 Å². The summed E-state index contributed by atoms with van der Waals surface area (Å²) in [5.74, 6) is -2.03. The van der Waals surface area contributed by atoms with Gasteiger partial charge in [0.2, 0.25) is 0 Å². The third-order valence-corrected chi connectivity index (χ3v) is 4.49. The number of nitrogen functional groups attached to an aromatic ring is 1. The first kappa shape index (κ1) is 14.9. The van der Waals surface area contributed by atoms with Crippen LogP contribution in [0, 0.1) is 23.0 Å². The molecule has 0 spiro atoms. The van der Waals surface area contributed by atoms with E-state index in [4.69, 9.17) is 11.0 Å². The van der Waals surface area contributed by atoms with Gasteiger partial charge in [-0.1, -0.05) is 0 Å². The van der Waals surface area contributed by atoms with E-state index in [1.54, 1.807) is 6.07 Å². The second kappa shape index (κ2) is 5.50. The molecule has 108 valence electrons. The number of nitriles is 1. The van der Waals surface area contributed by atoms with Crippen LogP contribution in [0.25, 0.3) is 0 Å². The van der Waals surface area contributed by atoms with E-state index in [1.807, 2.05) is 0 Å². The van der Waals surface area contributed by atoms with Crippen molar-refractivity contribution >= 4 is 15.5 Å². The number of hydrogen-bond acceptors (Lipinski definition) is 4. The molecule has 7 heteroatoms. The number of hydrogen-bond donors (Lipinski definition) is 1. The molecule has 0 aliphatic heterocycles. The Kier molecular flexibility index (Phi) is 3.91. The summed E-state index contributed by atoms with van der Waals surface area (Å²) in [5, 5.41) is 8.75. The molecule has 0 aromatic heterocycles. The molecule has 0 fully saturated rings. The number of nitrogens with zero attached hydrogens (tertiary/aromatic N) is 1. The van der Waals surface area contributed by atoms with Gasteiger partial charge in [-0.25, -0.2) is 17.2 Å². The number of benzene rings is 2. The lowest BCUT2D eigenvalue weighted by Gasteiger charge is -2.08. The zero-order valence-electron chi connectivity index (χ0n) is 10.7. The first-order valence-corrected chi connectivity index (χ1v) is 7.44. The van der Waals surface area contributed by atoms with Crippen LogP contribution in [0.4, 0.5) is 14.5 Å². The van der Waals surface area contributed by atoms with E-state index in [2.05, 4.69) is 0 Å². The van der Waals surface area contributed by atoms with Crippen molar-refractivity contribution < 1.29 is 17.2 Å². The fourth-order valence-electron chi connectivity index (χ4n) is 1.87. The highest BCUT2D eigenvalue weighted by molar-refractivity contribution is 7.90. The van der Waals surface area contributed by atoms with E-state index in [9.17, 15) is 17.2 Å². The van der Waals surface area contributed by atoms with Gasteiger partial charge in [0, 0.05) is 0 Å². The first-order chi connectivity index (χ1) is 9.81. The van der Waals surface area contributed by atoms with Crippen molar-refractivity contribution in [3.63, 3.8) is 0 Å². The van der Waals surface area contributed by atoms with Crippen molar-refractivity contribution in [1.82, 2.24) is 0 Å². The predicted molar refractivity (Wildman–Crippen MR) is 72.8 cm³/mol. The van der Waals surface area contributed by atoms with Gasteiger partial charge in [-0.15, -0.1) is 0 Å². The van der Waals surface area contributed by atoms with Crippen LogP contribution in [-0.2, 0) is 15.6 Å². The minimum atomic E-state index is -3.95. The lowest BCUT2D eigenvalue weighted by Crippen LogP contribution is -2.09. The van der Waals surface area contributed by atoms with Crippen molar-refractivity contribution in [1.29, 1.82) is 5.26 Å². The molecule has 0 saturated heterocycles. The molecule has 0 atom stereocenters. The van der Waals surface area contributed by atoms with Crippen molar-refractivity contribution in [3.8, 4) is 6.07 Å². The van der Waals surface area contributed by atoms with Crippen LogP contribution in [-0.4, -0.2) is 8.42 Å². The Balaban J connectivity index is 2.45. The van der Waals surface area contributed by atoms with E-state index in [0.717, 1.165) is 30.3 Å². The monoisotopic (exact) mass is 308 g/mol. The van der Waals surface area contributed by atoms with Crippen molar-refractivity contribution in [2.45, 2.75) is 10.6 Å². The van der Waals surface area contributed by atoms with Crippen molar-refractivity contribution in [2.75, 3.05) is 5.73 Å². The van der Waals surface area contributed by atoms with Crippen LogP contribution >= 0.6 is 0 Å². The van der Waals surface area contributed by atoms with Gasteiger partial charge in [0.25, 0.3) is 0 Å². The molecule has 21 heavy (non-hydrogen) atoms. The largest absolute Gasteiger partial charge is 0.398 e. The topological polar surface area (TPSA) is 84.0 Å². The van der Waals surface area contributed by atoms with Gasteiger partial charge in [0.15, 0.2) is 9.84 Å². The molecule has 0 aliphatic rings. The Morgan fingerprint density at radius 3 is 2.48 bits per heavy atom. The maximum absolute atomic E-state index is 13.3. The lowest BCUT2D eigenvalue weighted by atomic mass is 10.1. The second-order valence-corrected chi connectivity index (χ2v) is 6.36. The summed E-state index contributed by atoms with van der Waals surface area (Å²) >= 11 is 0. The van der Waals surface area contributed by atoms with Crippen LogP contribution in [0.2, 0.25) is 0 Å². The van der Waals surface area contributed by atoms with Gasteiger partial charge in [-0.05, 0) is 42.0 Å². The minimum absolute atomic E-state index is 0.00686. The van der Waals surface area contributed by atoms with E-state index >= 15 is 0 Å². The number of rotatable bonds is 3. The number of halogens is 2. The van der Waals surface area contributed by atoms with Crippen molar-refractivity contribution in [3.05, 3.63) is 59.2 Å². The summed E-state index contributed by atoms with van der Waals surface area (Å²) in [4.78, 5) is -0.356. The average Bonchev–Trinajstić information content (AvgIpc) is 2.40. The molecular formula is C14H10F2N2O2S. The zero-order chi connectivity index (χ0) is 15.6. The lowest BCUT2D eigenvalue weighted by molar-refractivity contribution is 0.590. The van der Waals surface area contributed by atoms with Crippen LogP contribution in [0.15, 0.2) is 41.3 Å². The molecule has 0 bridgehead atoms. The molecule has 2 aromatic rings. The highest BCUT2D eigenvalue weighted by Gasteiger charge is 2.20. The molecule has 0 saturated carbocycles.